The highest BCUT2D eigenvalue weighted by molar-refractivity contribution is 7.39. The molecule has 0 unspecified atom stereocenters. The number of hydrogen-bond acceptors (Lipinski definition) is 7. The van der Waals surface area contributed by atoms with Gasteiger partial charge in [-0.25, -0.2) is 0 Å². The third-order valence-corrected chi connectivity index (χ3v) is 17.1. The SMILES string of the molecule is O=C1C(=CC2=Cc3sc4c(sc5cc(C=C6C(=O)c7cc8cc9ccccc9cc8cc7C6=O)sc54)c3C23CCCCC3)C(=O)c2cc3cc4ccccc4cc3cc21. The Bertz CT molecular complexity index is 3460. The first-order valence-corrected chi connectivity index (χ1v) is 22.5. The maximum absolute atomic E-state index is 14.1. The molecule has 4 aliphatic rings. The molecule has 0 aliphatic heterocycles. The Labute approximate surface area is 349 Å². The summed E-state index contributed by atoms with van der Waals surface area (Å²) >= 11 is 5.21. The van der Waals surface area contributed by atoms with E-state index < -0.39 is 0 Å². The Kier molecular flexibility index (Phi) is 6.87. The lowest BCUT2D eigenvalue weighted by molar-refractivity contribution is 0.0974. The van der Waals surface area contributed by atoms with Gasteiger partial charge in [0.15, 0.2) is 23.1 Å². The Morgan fingerprint density at radius 3 is 1.42 bits per heavy atom. The van der Waals surface area contributed by atoms with Gasteiger partial charge in [0, 0.05) is 42.1 Å². The van der Waals surface area contributed by atoms with Crippen LogP contribution in [0.15, 0.2) is 126 Å². The summed E-state index contributed by atoms with van der Waals surface area (Å²) in [5.74, 6) is -0.802. The molecule has 0 amide bonds. The van der Waals surface area contributed by atoms with Gasteiger partial charge in [0.2, 0.25) is 0 Å². The van der Waals surface area contributed by atoms with Crippen LogP contribution in [-0.2, 0) is 5.41 Å². The van der Waals surface area contributed by atoms with E-state index >= 15 is 0 Å². The zero-order valence-corrected chi connectivity index (χ0v) is 33.9. The number of carbonyl (C=O) groups is 4. The lowest BCUT2D eigenvalue weighted by Crippen LogP contribution is -2.29. The van der Waals surface area contributed by atoms with Crippen molar-refractivity contribution in [3.63, 3.8) is 0 Å². The number of Topliss-reactive ketones (excluding diaryl/α,β-unsaturated/α-hetero) is 4. The summed E-state index contributed by atoms with van der Waals surface area (Å²) in [7, 11) is 0. The molecule has 1 fully saturated rings. The van der Waals surface area contributed by atoms with Gasteiger partial charge in [0.1, 0.15) is 0 Å². The summed E-state index contributed by atoms with van der Waals surface area (Å²) in [4.78, 5) is 57.8. The third-order valence-electron chi connectivity index (χ3n) is 13.3. The first kappa shape index (κ1) is 33.8. The number of fused-ring (bicyclic) bond motifs is 12. The molecule has 6 aromatic carbocycles. The maximum Gasteiger partial charge on any atom is 0.197 e. The molecule has 0 saturated heterocycles. The van der Waals surface area contributed by atoms with Crippen molar-refractivity contribution in [1.29, 1.82) is 0 Å². The van der Waals surface area contributed by atoms with Gasteiger partial charge in [-0.05, 0) is 140 Å². The van der Waals surface area contributed by atoms with Crippen molar-refractivity contribution in [2.45, 2.75) is 37.5 Å². The molecule has 0 bridgehead atoms. The highest BCUT2D eigenvalue weighted by atomic mass is 32.1. The minimum atomic E-state index is -0.252. The average Bonchev–Trinajstić information content (AvgIpc) is 4.05. The van der Waals surface area contributed by atoms with E-state index in [0.717, 1.165) is 83.9 Å². The van der Waals surface area contributed by atoms with Crippen molar-refractivity contribution < 1.29 is 19.2 Å². The zero-order chi connectivity index (χ0) is 39.3. The van der Waals surface area contributed by atoms with Gasteiger partial charge >= 0.3 is 0 Å². The molecule has 13 rings (SSSR count). The van der Waals surface area contributed by atoms with Crippen LogP contribution in [0.1, 0.15) is 88.9 Å². The van der Waals surface area contributed by atoms with Crippen LogP contribution in [0, 0.1) is 0 Å². The minimum absolute atomic E-state index is 0.185. The van der Waals surface area contributed by atoms with E-state index in [-0.39, 0.29) is 39.7 Å². The van der Waals surface area contributed by atoms with Crippen molar-refractivity contribution in [3.05, 3.63) is 163 Å². The predicted octanol–water partition coefficient (Wildman–Crippen LogP) is 13.9. The number of allylic oxidation sites excluding steroid dienone is 4. The van der Waals surface area contributed by atoms with E-state index in [1.807, 2.05) is 54.6 Å². The third kappa shape index (κ3) is 4.69. The van der Waals surface area contributed by atoms with E-state index in [0.29, 0.717) is 22.3 Å². The van der Waals surface area contributed by atoms with Crippen LogP contribution in [0.4, 0.5) is 0 Å². The Morgan fingerprint density at radius 1 is 0.458 bits per heavy atom. The molecule has 7 heteroatoms. The van der Waals surface area contributed by atoms with Crippen LogP contribution in [0.3, 0.4) is 0 Å². The summed E-state index contributed by atoms with van der Waals surface area (Å²) in [5.41, 5.74) is 4.61. The summed E-state index contributed by atoms with van der Waals surface area (Å²) in [5, 5.41) is 8.24. The van der Waals surface area contributed by atoms with Gasteiger partial charge in [0.25, 0.3) is 0 Å². The molecule has 3 aromatic heterocycles. The summed E-state index contributed by atoms with van der Waals surface area (Å²) < 4.78 is 4.84. The minimum Gasteiger partial charge on any atom is -0.288 e. The number of ketones is 4. The Balaban J connectivity index is 0.872. The van der Waals surface area contributed by atoms with Gasteiger partial charge < -0.3 is 0 Å². The van der Waals surface area contributed by atoms with Crippen LogP contribution < -0.4 is 0 Å². The highest BCUT2D eigenvalue weighted by Gasteiger charge is 2.46. The number of carbonyl (C=O) groups excluding carboxylic acids is 4. The first-order valence-electron chi connectivity index (χ1n) is 20.1. The summed E-state index contributed by atoms with van der Waals surface area (Å²) in [6.45, 7) is 0. The standard InChI is InChI=1S/C52H30O4S3/c53-45-36-18-30-14-26-8-2-3-9-27(26)15-31(30)19-37(36)46(54)40(45)22-34-23-42-44(52(34)12-6-1-7-13-52)50-51(58-42)49-43(59-50)25-35(57-49)24-41-47(55)38-20-32-16-28-10-4-5-11-29(28)17-33(32)21-39(38)48(41)56/h2-5,8-11,14-25H,1,6-7,12-13H2. The van der Waals surface area contributed by atoms with Crippen LogP contribution >= 0.6 is 34.0 Å². The van der Waals surface area contributed by atoms with Crippen molar-refractivity contribution in [2.24, 2.45) is 0 Å². The Hall–Kier alpha value is -6.12. The molecule has 4 aliphatic carbocycles. The molecular weight excluding hydrogens is 785 g/mol. The molecule has 280 valence electrons. The van der Waals surface area contributed by atoms with E-state index in [1.165, 1.54) is 31.0 Å². The van der Waals surface area contributed by atoms with Gasteiger partial charge in [-0.15, -0.1) is 34.0 Å². The largest absolute Gasteiger partial charge is 0.288 e. The fourth-order valence-electron chi connectivity index (χ4n) is 10.4. The van der Waals surface area contributed by atoms with Crippen LogP contribution in [0.25, 0.3) is 74.0 Å². The van der Waals surface area contributed by atoms with Crippen LogP contribution in [0.5, 0.6) is 0 Å². The molecule has 4 nitrogen and oxygen atoms in total. The molecule has 0 atom stereocenters. The van der Waals surface area contributed by atoms with Crippen molar-refractivity contribution >= 4 is 131 Å². The van der Waals surface area contributed by atoms with Gasteiger partial charge in [-0.3, -0.25) is 19.2 Å². The zero-order valence-electron chi connectivity index (χ0n) is 31.4. The smallest absolute Gasteiger partial charge is 0.197 e. The normalized spacial score (nSPS) is 17.1. The van der Waals surface area contributed by atoms with Crippen LogP contribution in [-0.4, -0.2) is 23.1 Å². The molecule has 0 radical (unpaired) electrons. The van der Waals surface area contributed by atoms with Crippen LogP contribution in [0.2, 0.25) is 0 Å². The van der Waals surface area contributed by atoms with Crippen molar-refractivity contribution in [3.8, 4) is 0 Å². The fraction of sp³-hybridized carbons (Fsp3) is 0.115. The summed E-state index contributed by atoms with van der Waals surface area (Å²) in [6, 6.07) is 34.4. The summed E-state index contributed by atoms with van der Waals surface area (Å²) in [6.07, 6.45) is 11.3. The molecule has 3 heterocycles. The van der Waals surface area contributed by atoms with E-state index in [2.05, 4.69) is 60.7 Å². The first-order chi connectivity index (χ1) is 28.8. The number of rotatable bonds is 2. The molecule has 9 aromatic rings. The van der Waals surface area contributed by atoms with Crippen molar-refractivity contribution in [1.82, 2.24) is 0 Å². The topological polar surface area (TPSA) is 68.3 Å². The van der Waals surface area contributed by atoms with E-state index in [9.17, 15) is 19.2 Å². The fourth-order valence-corrected chi connectivity index (χ4v) is 14.8. The second-order valence-corrected chi connectivity index (χ2v) is 19.7. The van der Waals surface area contributed by atoms with Gasteiger partial charge in [0.05, 0.1) is 25.2 Å². The lowest BCUT2D eigenvalue weighted by atomic mass is 9.67. The molecule has 59 heavy (non-hydrogen) atoms. The molecular formula is C52H30O4S3. The highest BCUT2D eigenvalue weighted by Crippen LogP contribution is 2.60. The Morgan fingerprint density at radius 2 is 0.932 bits per heavy atom. The van der Waals surface area contributed by atoms with E-state index in [1.54, 1.807) is 40.1 Å². The van der Waals surface area contributed by atoms with Crippen molar-refractivity contribution in [2.75, 3.05) is 0 Å². The average molecular weight is 815 g/mol. The lowest BCUT2D eigenvalue weighted by Gasteiger charge is -2.36. The second-order valence-electron chi connectivity index (χ2n) is 16.5. The van der Waals surface area contributed by atoms with Gasteiger partial charge in [-0.1, -0.05) is 67.8 Å². The maximum atomic E-state index is 14.1. The van der Waals surface area contributed by atoms with Gasteiger partial charge in [-0.2, -0.15) is 0 Å². The number of thiophene rings is 3. The molecule has 0 N–H and O–H groups in total. The monoisotopic (exact) mass is 814 g/mol. The second kappa shape index (κ2) is 12.0. The predicted molar refractivity (Wildman–Crippen MR) is 244 cm³/mol. The molecule has 1 saturated carbocycles. The quantitative estimate of drug-likeness (QED) is 0.0990. The van der Waals surface area contributed by atoms with E-state index in [4.69, 9.17) is 0 Å². The molecule has 1 spiro atoms. The number of benzene rings is 6. The number of hydrogen-bond donors (Lipinski definition) is 0.